The lowest BCUT2D eigenvalue weighted by Crippen LogP contribution is -2.45. The predicted octanol–water partition coefficient (Wildman–Crippen LogP) is 1.20. The van der Waals surface area contributed by atoms with Crippen molar-refractivity contribution in [3.05, 3.63) is 29.8 Å². The Morgan fingerprint density at radius 2 is 1.96 bits per heavy atom. The molecule has 1 aliphatic heterocycles. The third kappa shape index (κ3) is 4.31. The molecule has 1 aromatic carbocycles. The van der Waals surface area contributed by atoms with Crippen LogP contribution in [0.4, 0.5) is 0 Å². The number of carbonyl (C=O) groups is 1. The first-order chi connectivity index (χ1) is 10.8. The summed E-state index contributed by atoms with van der Waals surface area (Å²) in [6.07, 6.45) is 2.01. The molecule has 7 heteroatoms. The summed E-state index contributed by atoms with van der Waals surface area (Å²) in [4.78, 5) is 12.4. The van der Waals surface area contributed by atoms with Gasteiger partial charge < -0.3 is 10.6 Å². The number of nitrogens with one attached hydrogen (secondary N) is 2. The lowest BCUT2D eigenvalue weighted by molar-refractivity contribution is 0.0930. The number of rotatable bonds is 5. The van der Waals surface area contributed by atoms with E-state index in [4.69, 9.17) is 0 Å². The highest BCUT2D eigenvalue weighted by Crippen LogP contribution is 2.17. The highest BCUT2D eigenvalue weighted by Gasteiger charge is 2.23. The van der Waals surface area contributed by atoms with Gasteiger partial charge in [-0.1, -0.05) is 0 Å². The largest absolute Gasteiger partial charge is 0.348 e. The zero-order valence-corrected chi connectivity index (χ0v) is 14.7. The number of benzene rings is 1. The number of piperidine rings is 1. The zero-order valence-electron chi connectivity index (χ0n) is 13.9. The van der Waals surface area contributed by atoms with Crippen molar-refractivity contribution in [2.24, 2.45) is 0 Å². The smallest absolute Gasteiger partial charge is 0.251 e. The summed E-state index contributed by atoms with van der Waals surface area (Å²) >= 11 is 0. The van der Waals surface area contributed by atoms with Gasteiger partial charge in [-0.2, -0.15) is 4.31 Å². The van der Waals surface area contributed by atoms with Crippen LogP contribution in [0.1, 0.15) is 37.0 Å². The summed E-state index contributed by atoms with van der Waals surface area (Å²) in [5.41, 5.74) is 0.474. The molecule has 23 heavy (non-hydrogen) atoms. The van der Waals surface area contributed by atoms with Crippen LogP contribution in [0.3, 0.4) is 0 Å². The summed E-state index contributed by atoms with van der Waals surface area (Å²) in [5.74, 6) is -0.167. The zero-order chi connectivity index (χ0) is 17.0. The van der Waals surface area contributed by atoms with Gasteiger partial charge in [-0.05, 0) is 57.5 Å². The number of sulfonamides is 1. The molecule has 128 valence electrons. The average molecular weight is 339 g/mol. The van der Waals surface area contributed by atoms with Crippen molar-refractivity contribution < 1.29 is 13.2 Å². The Kier molecular flexibility index (Phi) is 5.78. The van der Waals surface area contributed by atoms with Crippen molar-refractivity contribution >= 4 is 15.9 Å². The maximum atomic E-state index is 12.4. The van der Waals surface area contributed by atoms with Gasteiger partial charge >= 0.3 is 0 Å². The molecule has 1 saturated heterocycles. The fourth-order valence-corrected chi connectivity index (χ4v) is 3.83. The highest BCUT2D eigenvalue weighted by molar-refractivity contribution is 7.89. The molecule has 0 saturated carbocycles. The first-order valence-corrected chi connectivity index (χ1v) is 9.36. The van der Waals surface area contributed by atoms with Crippen LogP contribution in [0.15, 0.2) is 29.2 Å². The van der Waals surface area contributed by atoms with Gasteiger partial charge in [0.15, 0.2) is 0 Å². The lowest BCUT2D eigenvalue weighted by atomic mass is 10.1. The second-order valence-electron chi connectivity index (χ2n) is 6.16. The van der Waals surface area contributed by atoms with Gasteiger partial charge in [0.1, 0.15) is 0 Å². The first-order valence-electron chi connectivity index (χ1n) is 7.92. The molecule has 1 aliphatic rings. The van der Waals surface area contributed by atoms with Crippen LogP contribution in [0.25, 0.3) is 0 Å². The van der Waals surface area contributed by atoms with E-state index in [2.05, 4.69) is 10.6 Å². The van der Waals surface area contributed by atoms with Gasteiger partial charge in [0.2, 0.25) is 10.0 Å². The maximum absolute atomic E-state index is 12.4. The second-order valence-corrected chi connectivity index (χ2v) is 8.15. The van der Waals surface area contributed by atoms with Crippen molar-refractivity contribution in [1.29, 1.82) is 0 Å². The molecule has 1 heterocycles. The standard InChI is InChI=1S/C16H25N3O3S/c1-12(2)19(3)23(21,22)15-8-6-13(7-9-15)16(20)18-14-5-4-10-17-11-14/h6-9,12,14,17H,4-5,10-11H2,1-3H3,(H,18,20)/t14-/m0/s1. The molecular weight excluding hydrogens is 314 g/mol. The Morgan fingerprint density at radius 3 is 2.48 bits per heavy atom. The van der Waals surface area contributed by atoms with Gasteiger partial charge in [-0.25, -0.2) is 8.42 Å². The predicted molar refractivity (Wildman–Crippen MR) is 89.9 cm³/mol. The van der Waals surface area contributed by atoms with Crippen LogP contribution < -0.4 is 10.6 Å². The summed E-state index contributed by atoms with van der Waals surface area (Å²) in [6.45, 7) is 5.40. The van der Waals surface area contributed by atoms with Crippen molar-refractivity contribution in [3.63, 3.8) is 0 Å². The molecule has 0 unspecified atom stereocenters. The molecule has 1 atom stereocenters. The Balaban J connectivity index is 2.08. The molecule has 0 radical (unpaired) electrons. The summed E-state index contributed by atoms with van der Waals surface area (Å²) in [6, 6.07) is 6.11. The van der Waals surface area contributed by atoms with Crippen LogP contribution in [0.5, 0.6) is 0 Å². The van der Waals surface area contributed by atoms with E-state index < -0.39 is 10.0 Å². The number of amides is 1. The van der Waals surface area contributed by atoms with E-state index in [0.29, 0.717) is 5.56 Å². The minimum atomic E-state index is -3.52. The van der Waals surface area contributed by atoms with E-state index in [-0.39, 0.29) is 22.9 Å². The Hall–Kier alpha value is -1.44. The van der Waals surface area contributed by atoms with Crippen LogP contribution >= 0.6 is 0 Å². The van der Waals surface area contributed by atoms with Crippen molar-refractivity contribution in [2.45, 2.75) is 43.7 Å². The first kappa shape index (κ1) is 17.9. The van der Waals surface area contributed by atoms with Gasteiger partial charge in [0, 0.05) is 31.2 Å². The van der Waals surface area contributed by atoms with Crippen LogP contribution in [-0.2, 0) is 10.0 Å². The molecule has 0 bridgehead atoms. The molecule has 1 aromatic rings. The molecular formula is C16H25N3O3S. The number of hydrogen-bond donors (Lipinski definition) is 2. The third-order valence-corrected chi connectivity index (χ3v) is 6.20. The van der Waals surface area contributed by atoms with E-state index >= 15 is 0 Å². The lowest BCUT2D eigenvalue weighted by Gasteiger charge is -2.24. The number of carbonyl (C=O) groups excluding carboxylic acids is 1. The van der Waals surface area contributed by atoms with E-state index in [0.717, 1.165) is 25.9 Å². The van der Waals surface area contributed by atoms with Gasteiger partial charge in [0.25, 0.3) is 5.91 Å². The topological polar surface area (TPSA) is 78.5 Å². The minimum absolute atomic E-state index is 0.123. The van der Waals surface area contributed by atoms with E-state index in [1.165, 1.54) is 16.4 Å². The van der Waals surface area contributed by atoms with E-state index in [1.807, 2.05) is 13.8 Å². The molecule has 1 fully saturated rings. The van der Waals surface area contributed by atoms with Crippen LogP contribution in [-0.4, -0.2) is 50.9 Å². The molecule has 2 rings (SSSR count). The second kappa shape index (κ2) is 7.42. The summed E-state index contributed by atoms with van der Waals surface area (Å²) in [7, 11) is -1.96. The quantitative estimate of drug-likeness (QED) is 0.845. The van der Waals surface area contributed by atoms with Gasteiger partial charge in [0.05, 0.1) is 4.90 Å². The maximum Gasteiger partial charge on any atom is 0.251 e. The molecule has 6 nitrogen and oxygen atoms in total. The Labute approximate surface area is 138 Å². The molecule has 2 N–H and O–H groups in total. The molecule has 0 aromatic heterocycles. The number of hydrogen-bond acceptors (Lipinski definition) is 4. The van der Waals surface area contributed by atoms with Crippen molar-refractivity contribution in [3.8, 4) is 0 Å². The Morgan fingerprint density at radius 1 is 1.30 bits per heavy atom. The fourth-order valence-electron chi connectivity index (χ4n) is 2.47. The number of nitrogens with zero attached hydrogens (tertiary/aromatic N) is 1. The Bertz CT molecular complexity index is 635. The molecule has 0 spiro atoms. The van der Waals surface area contributed by atoms with Crippen molar-refractivity contribution in [1.82, 2.24) is 14.9 Å². The SMILES string of the molecule is CC(C)N(C)S(=O)(=O)c1ccc(C(=O)N[C@H]2CCCNC2)cc1. The fraction of sp³-hybridized carbons (Fsp3) is 0.562. The molecule has 1 amide bonds. The monoisotopic (exact) mass is 339 g/mol. The average Bonchev–Trinajstić information content (AvgIpc) is 2.55. The molecule has 0 aliphatic carbocycles. The van der Waals surface area contributed by atoms with E-state index in [9.17, 15) is 13.2 Å². The van der Waals surface area contributed by atoms with Crippen LogP contribution in [0.2, 0.25) is 0 Å². The summed E-state index contributed by atoms with van der Waals surface area (Å²) < 4.78 is 26.1. The minimum Gasteiger partial charge on any atom is -0.348 e. The summed E-state index contributed by atoms with van der Waals surface area (Å²) in [5, 5.41) is 6.22. The normalized spacial score (nSPS) is 19.1. The van der Waals surface area contributed by atoms with Crippen LogP contribution in [0, 0.1) is 0 Å². The van der Waals surface area contributed by atoms with Gasteiger partial charge in [-0.15, -0.1) is 0 Å². The highest BCUT2D eigenvalue weighted by atomic mass is 32.2. The van der Waals surface area contributed by atoms with Crippen molar-refractivity contribution in [2.75, 3.05) is 20.1 Å². The van der Waals surface area contributed by atoms with Gasteiger partial charge in [-0.3, -0.25) is 4.79 Å². The third-order valence-electron chi connectivity index (χ3n) is 4.15. The van der Waals surface area contributed by atoms with E-state index in [1.54, 1.807) is 19.2 Å².